The molecular weight excluding hydrogens is 460 g/mol. The first-order valence-corrected chi connectivity index (χ1v) is 9.66. The van der Waals surface area contributed by atoms with Crippen LogP contribution in [0.5, 0.6) is 0 Å². The average molecular weight is 472 g/mol. The second-order valence-electron chi connectivity index (χ2n) is 6.79. The Hall–Kier alpha value is -4.04. The van der Waals surface area contributed by atoms with E-state index < -0.39 is 29.1 Å². The molecule has 0 aliphatic rings. The number of ether oxygens (including phenoxy) is 1. The van der Waals surface area contributed by atoms with E-state index in [9.17, 15) is 22.4 Å². The number of methoxy groups -OCH3 is 1. The molecule has 0 saturated heterocycles. The molecule has 0 spiro atoms. The molecule has 166 valence electrons. The number of imidazole rings is 1. The summed E-state index contributed by atoms with van der Waals surface area (Å²) in [5, 5.41) is 9.07. The van der Waals surface area contributed by atoms with Gasteiger partial charge in [0.05, 0.1) is 46.8 Å². The fourth-order valence-corrected chi connectivity index (χ4v) is 3.83. The van der Waals surface area contributed by atoms with Crippen LogP contribution in [0.15, 0.2) is 54.7 Å². The SMILES string of the molecule is COC(=O)c1ccc(-n2c(=S)n(-c3ccc(C#N)c(C(F)(F)F)c3)c3ncccc32)cc1F. The summed E-state index contributed by atoms with van der Waals surface area (Å²) in [5.74, 6) is -1.72. The first kappa shape index (κ1) is 22.2. The van der Waals surface area contributed by atoms with E-state index in [0.29, 0.717) is 5.52 Å². The molecular formula is C22H12F4N4O2S. The number of benzene rings is 2. The Morgan fingerprint density at radius 3 is 2.45 bits per heavy atom. The lowest BCUT2D eigenvalue weighted by Crippen LogP contribution is -2.09. The van der Waals surface area contributed by atoms with Gasteiger partial charge in [0.25, 0.3) is 0 Å². The van der Waals surface area contributed by atoms with Crippen molar-refractivity contribution in [1.82, 2.24) is 14.1 Å². The maximum atomic E-state index is 14.6. The highest BCUT2D eigenvalue weighted by molar-refractivity contribution is 7.71. The van der Waals surface area contributed by atoms with E-state index in [-0.39, 0.29) is 27.4 Å². The van der Waals surface area contributed by atoms with Gasteiger partial charge in [-0.1, -0.05) is 0 Å². The van der Waals surface area contributed by atoms with Crippen LogP contribution in [0.1, 0.15) is 21.5 Å². The standard InChI is InChI=1S/C22H12F4N4O2S/c1-32-20(31)15-7-6-14(10-17(15)23)29-18-3-2-8-28-19(18)30(21(29)33)13-5-4-12(11-27)16(9-13)22(24,25)26/h2-10H,1H3. The van der Waals surface area contributed by atoms with Crippen LogP contribution in [0, 0.1) is 21.9 Å². The maximum Gasteiger partial charge on any atom is 0.417 e. The van der Waals surface area contributed by atoms with Gasteiger partial charge in [0.2, 0.25) is 0 Å². The lowest BCUT2D eigenvalue weighted by molar-refractivity contribution is -0.137. The highest BCUT2D eigenvalue weighted by atomic mass is 32.1. The number of halogens is 4. The predicted molar refractivity (Wildman–Crippen MR) is 112 cm³/mol. The van der Waals surface area contributed by atoms with Gasteiger partial charge in [0, 0.05) is 6.20 Å². The van der Waals surface area contributed by atoms with E-state index in [2.05, 4.69) is 9.72 Å². The molecule has 0 radical (unpaired) electrons. The van der Waals surface area contributed by atoms with E-state index in [1.165, 1.54) is 39.6 Å². The number of rotatable bonds is 3. The van der Waals surface area contributed by atoms with Crippen molar-refractivity contribution < 1.29 is 27.1 Å². The molecule has 4 rings (SSSR count). The number of fused-ring (bicyclic) bond motifs is 1. The van der Waals surface area contributed by atoms with Gasteiger partial charge in [-0.15, -0.1) is 0 Å². The van der Waals surface area contributed by atoms with E-state index in [1.54, 1.807) is 12.1 Å². The van der Waals surface area contributed by atoms with Crippen LogP contribution in [-0.2, 0) is 10.9 Å². The van der Waals surface area contributed by atoms with Crippen molar-refractivity contribution in [3.63, 3.8) is 0 Å². The van der Waals surface area contributed by atoms with Crippen molar-refractivity contribution in [3.8, 4) is 17.4 Å². The number of carbonyl (C=O) groups excluding carboxylic acids is 1. The summed E-state index contributed by atoms with van der Waals surface area (Å²) in [6.45, 7) is 0. The maximum absolute atomic E-state index is 14.6. The Morgan fingerprint density at radius 1 is 1.12 bits per heavy atom. The van der Waals surface area contributed by atoms with Gasteiger partial charge in [-0.05, 0) is 60.7 Å². The molecule has 0 bridgehead atoms. The van der Waals surface area contributed by atoms with Gasteiger partial charge < -0.3 is 4.74 Å². The fraction of sp³-hybridized carbons (Fsp3) is 0.0909. The summed E-state index contributed by atoms with van der Waals surface area (Å²) in [6, 6.07) is 11.7. The van der Waals surface area contributed by atoms with E-state index in [4.69, 9.17) is 17.5 Å². The minimum atomic E-state index is -4.76. The molecule has 0 aliphatic heterocycles. The first-order chi connectivity index (χ1) is 15.7. The summed E-state index contributed by atoms with van der Waals surface area (Å²) >= 11 is 5.53. The molecule has 0 saturated carbocycles. The van der Waals surface area contributed by atoms with Crippen molar-refractivity contribution >= 4 is 29.4 Å². The minimum Gasteiger partial charge on any atom is -0.465 e. The van der Waals surface area contributed by atoms with Crippen molar-refractivity contribution in [1.29, 1.82) is 5.26 Å². The molecule has 0 N–H and O–H groups in total. The third kappa shape index (κ3) is 3.74. The minimum absolute atomic E-state index is 0.00625. The molecule has 0 atom stereocenters. The van der Waals surface area contributed by atoms with Crippen LogP contribution in [0.4, 0.5) is 17.6 Å². The number of esters is 1. The number of aromatic nitrogens is 3. The molecule has 6 nitrogen and oxygen atoms in total. The molecule has 4 aromatic rings. The molecule has 0 amide bonds. The van der Waals surface area contributed by atoms with Crippen LogP contribution in [0.3, 0.4) is 0 Å². The van der Waals surface area contributed by atoms with Crippen molar-refractivity contribution in [2.75, 3.05) is 7.11 Å². The molecule has 2 aromatic carbocycles. The van der Waals surface area contributed by atoms with E-state index >= 15 is 0 Å². The van der Waals surface area contributed by atoms with Crippen molar-refractivity contribution in [2.45, 2.75) is 6.18 Å². The van der Waals surface area contributed by atoms with E-state index in [1.807, 2.05) is 0 Å². The highest BCUT2D eigenvalue weighted by Gasteiger charge is 2.34. The van der Waals surface area contributed by atoms with Crippen LogP contribution in [-0.4, -0.2) is 27.2 Å². The van der Waals surface area contributed by atoms with Gasteiger partial charge in [-0.3, -0.25) is 9.13 Å². The summed E-state index contributed by atoms with van der Waals surface area (Å²) in [5.41, 5.74) is -1.06. The number of nitriles is 1. The summed E-state index contributed by atoms with van der Waals surface area (Å²) < 4.78 is 62.4. The molecule has 0 unspecified atom stereocenters. The summed E-state index contributed by atoms with van der Waals surface area (Å²) in [4.78, 5) is 15.9. The second kappa shape index (κ2) is 8.14. The zero-order chi connectivity index (χ0) is 23.9. The molecule has 11 heteroatoms. The fourth-order valence-electron chi connectivity index (χ4n) is 3.43. The van der Waals surface area contributed by atoms with E-state index in [0.717, 1.165) is 25.3 Å². The smallest absolute Gasteiger partial charge is 0.417 e. The van der Waals surface area contributed by atoms with Crippen molar-refractivity contribution in [2.24, 2.45) is 0 Å². The molecule has 2 aromatic heterocycles. The monoisotopic (exact) mass is 472 g/mol. The topological polar surface area (TPSA) is 72.8 Å². The molecule has 0 aliphatic carbocycles. The van der Waals surface area contributed by atoms with Gasteiger partial charge in [-0.25, -0.2) is 14.2 Å². The van der Waals surface area contributed by atoms with Gasteiger partial charge >= 0.3 is 12.1 Å². The van der Waals surface area contributed by atoms with Gasteiger partial charge in [0.1, 0.15) is 5.82 Å². The van der Waals surface area contributed by atoms with Crippen LogP contribution >= 0.6 is 12.2 Å². The largest absolute Gasteiger partial charge is 0.465 e. The van der Waals surface area contributed by atoms with Gasteiger partial charge in [-0.2, -0.15) is 18.4 Å². The second-order valence-corrected chi connectivity index (χ2v) is 7.16. The zero-order valence-electron chi connectivity index (χ0n) is 16.7. The number of pyridine rings is 1. The molecule has 2 heterocycles. The Labute approximate surface area is 188 Å². The number of carbonyl (C=O) groups is 1. The summed E-state index contributed by atoms with van der Waals surface area (Å²) in [7, 11) is 1.12. The van der Waals surface area contributed by atoms with Crippen LogP contribution in [0.2, 0.25) is 0 Å². The lowest BCUT2D eigenvalue weighted by Gasteiger charge is -2.12. The number of nitrogens with zero attached hydrogens (tertiary/aromatic N) is 4. The predicted octanol–water partition coefficient (Wildman–Crippen LogP) is 5.36. The average Bonchev–Trinajstić information content (AvgIpc) is 3.09. The first-order valence-electron chi connectivity index (χ1n) is 9.26. The Kier molecular flexibility index (Phi) is 5.47. The number of hydrogen-bond acceptors (Lipinski definition) is 5. The highest BCUT2D eigenvalue weighted by Crippen LogP contribution is 2.34. The Balaban J connectivity index is 1.99. The third-order valence-electron chi connectivity index (χ3n) is 4.90. The van der Waals surface area contributed by atoms with Crippen LogP contribution < -0.4 is 0 Å². The van der Waals surface area contributed by atoms with Crippen molar-refractivity contribution in [3.05, 3.63) is 82.0 Å². The zero-order valence-corrected chi connectivity index (χ0v) is 17.5. The molecule has 0 fully saturated rings. The summed E-state index contributed by atoms with van der Waals surface area (Å²) in [6.07, 6.45) is -3.32. The molecule has 33 heavy (non-hydrogen) atoms. The van der Waals surface area contributed by atoms with Gasteiger partial charge in [0.15, 0.2) is 10.4 Å². The quantitative estimate of drug-likeness (QED) is 0.228. The Bertz CT molecular complexity index is 1520. The van der Waals surface area contributed by atoms with Crippen LogP contribution in [0.25, 0.3) is 22.5 Å². The normalized spacial score (nSPS) is 11.4. The number of alkyl halides is 3. The third-order valence-corrected chi connectivity index (χ3v) is 5.27. The lowest BCUT2D eigenvalue weighted by atomic mass is 10.1. The number of hydrogen-bond donors (Lipinski definition) is 0. The Morgan fingerprint density at radius 2 is 1.82 bits per heavy atom.